The molecule has 0 aliphatic rings. The van der Waals surface area contributed by atoms with Gasteiger partial charge in [-0.3, -0.25) is 0 Å². The second kappa shape index (κ2) is 6.02. The lowest BCUT2D eigenvalue weighted by Crippen LogP contribution is -3.00. The molecule has 0 saturated carbocycles. The first-order valence-electron chi connectivity index (χ1n) is 2.33. The van der Waals surface area contributed by atoms with Crippen LogP contribution in [0.5, 0.6) is 0 Å². The van der Waals surface area contributed by atoms with E-state index in [1.165, 1.54) is 0 Å². The van der Waals surface area contributed by atoms with Gasteiger partial charge in [-0.15, -0.1) is 0 Å². The molecule has 0 spiro atoms. The van der Waals surface area contributed by atoms with Crippen LogP contribution in [-0.4, -0.2) is 5.48 Å². The summed E-state index contributed by atoms with van der Waals surface area (Å²) in [5.74, 6) is 0. The van der Waals surface area contributed by atoms with Gasteiger partial charge in [0.25, 0.3) is 0 Å². The predicted octanol–water partition coefficient (Wildman–Crippen LogP) is -1.65. The number of rotatable bonds is 0. The summed E-state index contributed by atoms with van der Waals surface area (Å²) in [5.41, 5.74) is 0.590. The van der Waals surface area contributed by atoms with Crippen molar-refractivity contribution >= 4 is 5.69 Å². The first kappa shape index (κ1) is 11.7. The molecule has 0 aromatic heterocycles. The van der Waals surface area contributed by atoms with Gasteiger partial charge in [0.2, 0.25) is 5.39 Å². The van der Waals surface area contributed by atoms with Crippen molar-refractivity contribution in [1.29, 1.82) is 5.39 Å². The van der Waals surface area contributed by atoms with Crippen molar-refractivity contribution in [3.05, 3.63) is 35.3 Å². The topological polar surface area (TPSA) is 59.6 Å². The van der Waals surface area contributed by atoms with Gasteiger partial charge in [0.1, 0.15) is 0 Å². The molecule has 1 aromatic carbocycles. The quantitative estimate of drug-likeness (QED) is 0.418. The van der Waals surface area contributed by atoms with Gasteiger partial charge in [-0.25, -0.2) is 0 Å². The van der Waals surface area contributed by atoms with E-state index in [9.17, 15) is 0 Å². The van der Waals surface area contributed by atoms with E-state index in [0.717, 1.165) is 0 Å². The van der Waals surface area contributed by atoms with Crippen molar-refractivity contribution in [3.8, 4) is 0 Å². The minimum atomic E-state index is 0. The third-order valence-corrected chi connectivity index (χ3v) is 0.872. The fraction of sp³-hybridized carbons (Fsp3) is 0. The highest BCUT2D eigenvalue weighted by Crippen LogP contribution is 2.07. The number of hydrogen-bond acceptors (Lipinski definition) is 1. The van der Waals surface area contributed by atoms with Gasteiger partial charge < -0.3 is 17.9 Å². The Bertz CT molecular complexity index is 207. The Morgan fingerprint density at radius 2 is 1.60 bits per heavy atom. The molecule has 0 unspecified atom stereocenters. The molecule has 54 valence electrons. The van der Waals surface area contributed by atoms with Gasteiger partial charge >= 0.3 is 5.69 Å². The molecule has 1 rings (SSSR count). The van der Waals surface area contributed by atoms with Crippen LogP contribution in [0.15, 0.2) is 30.3 Å². The van der Waals surface area contributed by atoms with E-state index in [0.29, 0.717) is 5.69 Å². The smallest absolute Gasteiger partial charge is 0.385 e. The number of benzene rings is 1. The van der Waals surface area contributed by atoms with E-state index in [1.54, 1.807) is 12.1 Å². The van der Waals surface area contributed by atoms with E-state index in [1.807, 2.05) is 18.2 Å². The molecular weight excluding hydrogens is 152 g/mol. The van der Waals surface area contributed by atoms with Crippen LogP contribution >= 0.6 is 0 Å². The van der Waals surface area contributed by atoms with E-state index < -0.39 is 0 Å². The van der Waals surface area contributed by atoms with Crippen LogP contribution in [0.1, 0.15) is 0 Å². The Labute approximate surface area is 65.0 Å². The lowest BCUT2D eigenvalue weighted by molar-refractivity contribution is -0.00000306. The van der Waals surface area contributed by atoms with Gasteiger partial charge in [0.15, 0.2) is 4.98 Å². The van der Waals surface area contributed by atoms with Crippen LogP contribution in [0, 0.1) is 5.39 Å². The van der Waals surface area contributed by atoms with Crippen LogP contribution in [0.4, 0.5) is 5.69 Å². The fourth-order valence-electron chi connectivity index (χ4n) is 0.495. The largest absolute Gasteiger partial charge is 1.00 e. The van der Waals surface area contributed by atoms with E-state index >= 15 is 0 Å². The molecule has 0 aliphatic heterocycles. The third kappa shape index (κ3) is 3.02. The predicted molar refractivity (Wildman–Crippen MR) is 34.8 cm³/mol. The Balaban J connectivity index is 0. The lowest BCUT2D eigenvalue weighted by atomic mass is 10.3. The molecule has 2 N–H and O–H groups in total. The summed E-state index contributed by atoms with van der Waals surface area (Å²) < 4.78 is 0. The van der Waals surface area contributed by atoms with Gasteiger partial charge in [-0.1, -0.05) is 18.2 Å². The maximum Gasteiger partial charge on any atom is 0.385 e. The highest BCUT2D eigenvalue weighted by molar-refractivity contribution is 5.42. The molecule has 0 bridgehead atoms. The average molecular weight is 159 g/mol. The van der Waals surface area contributed by atoms with Crippen molar-refractivity contribution in [2.45, 2.75) is 0 Å². The molecular formula is C6H7ClN2O. The number of diazo groups is 1. The van der Waals surface area contributed by atoms with Crippen LogP contribution in [0.2, 0.25) is 0 Å². The zero-order valence-electron chi connectivity index (χ0n) is 5.16. The molecule has 0 fully saturated rings. The van der Waals surface area contributed by atoms with Crippen molar-refractivity contribution < 1.29 is 17.9 Å². The Morgan fingerprint density at radius 3 is 1.90 bits per heavy atom. The molecule has 0 aliphatic carbocycles. The monoisotopic (exact) mass is 158 g/mol. The first-order valence-corrected chi connectivity index (χ1v) is 2.33. The maximum atomic E-state index is 8.16. The first-order chi connectivity index (χ1) is 3.93. The fourth-order valence-corrected chi connectivity index (χ4v) is 0.495. The highest BCUT2D eigenvalue weighted by atomic mass is 35.5. The van der Waals surface area contributed by atoms with E-state index in [2.05, 4.69) is 4.98 Å². The van der Waals surface area contributed by atoms with E-state index in [-0.39, 0.29) is 17.9 Å². The van der Waals surface area contributed by atoms with Crippen molar-refractivity contribution in [2.24, 2.45) is 0 Å². The molecule has 4 heteroatoms. The summed E-state index contributed by atoms with van der Waals surface area (Å²) >= 11 is 0. The number of nitrogens with zero attached hydrogens (tertiary/aromatic N) is 2. The number of halogens is 1. The Hall–Kier alpha value is -1.11. The van der Waals surface area contributed by atoms with Gasteiger partial charge in [0.05, 0.1) is 0 Å². The van der Waals surface area contributed by atoms with Gasteiger partial charge in [0, 0.05) is 12.1 Å². The molecule has 0 amide bonds. The van der Waals surface area contributed by atoms with Crippen LogP contribution in [-0.2, 0) is 0 Å². The van der Waals surface area contributed by atoms with Crippen molar-refractivity contribution in [3.63, 3.8) is 0 Å². The molecule has 3 nitrogen and oxygen atoms in total. The molecule has 0 radical (unpaired) electrons. The molecule has 0 heterocycles. The van der Waals surface area contributed by atoms with Crippen LogP contribution < -0.4 is 12.4 Å². The maximum absolute atomic E-state index is 8.16. The van der Waals surface area contributed by atoms with Gasteiger partial charge in [-0.2, -0.15) is 0 Å². The van der Waals surface area contributed by atoms with Crippen LogP contribution in [0.3, 0.4) is 0 Å². The normalized spacial score (nSPS) is 6.30. The Morgan fingerprint density at radius 1 is 1.10 bits per heavy atom. The summed E-state index contributed by atoms with van der Waals surface area (Å²) in [5, 5.41) is 8.16. The van der Waals surface area contributed by atoms with Crippen molar-refractivity contribution in [2.75, 3.05) is 0 Å². The Kier molecular flexibility index (Phi) is 7.01. The zero-order valence-corrected chi connectivity index (χ0v) is 5.92. The average Bonchev–Trinajstić information content (AvgIpc) is 1.90. The minimum absolute atomic E-state index is 0. The van der Waals surface area contributed by atoms with Crippen molar-refractivity contribution in [1.82, 2.24) is 0 Å². The van der Waals surface area contributed by atoms with Crippen LogP contribution in [0.25, 0.3) is 4.98 Å². The molecule has 1 aromatic rings. The second-order valence-electron chi connectivity index (χ2n) is 1.44. The summed E-state index contributed by atoms with van der Waals surface area (Å²) in [4.78, 5) is 2.97. The summed E-state index contributed by atoms with van der Waals surface area (Å²) in [6, 6.07) is 8.94. The SMILES string of the molecule is N#[N+]c1ccccc1.O.[Cl-]. The highest BCUT2D eigenvalue weighted by Gasteiger charge is 1.95. The molecule has 0 saturated heterocycles. The second-order valence-corrected chi connectivity index (χ2v) is 1.44. The van der Waals surface area contributed by atoms with E-state index in [4.69, 9.17) is 5.39 Å². The van der Waals surface area contributed by atoms with Gasteiger partial charge in [-0.05, 0) is 0 Å². The summed E-state index contributed by atoms with van der Waals surface area (Å²) in [6.45, 7) is 0. The standard InChI is InChI=1S/C6H5N2.ClH.H2O/c7-8-6-4-2-1-3-5-6;;/h1-5H;1H;1H2/q+1;;/p-1. The molecule has 0 atom stereocenters. The number of hydrogen-bond donors (Lipinski definition) is 0. The third-order valence-electron chi connectivity index (χ3n) is 0.872. The molecule has 10 heavy (non-hydrogen) atoms. The summed E-state index contributed by atoms with van der Waals surface area (Å²) in [7, 11) is 0. The summed E-state index contributed by atoms with van der Waals surface area (Å²) in [6.07, 6.45) is 0. The minimum Gasteiger partial charge on any atom is -1.00 e. The lowest BCUT2D eigenvalue weighted by Gasteiger charge is -1.69. The zero-order chi connectivity index (χ0) is 5.82.